The Morgan fingerprint density at radius 2 is 1.50 bits per heavy atom. The van der Waals surface area contributed by atoms with E-state index in [2.05, 4.69) is 0 Å². The van der Waals surface area contributed by atoms with E-state index < -0.39 is 17.4 Å². The average molecular weight is 225 g/mol. The first-order valence-corrected chi connectivity index (χ1v) is 5.59. The quantitative estimate of drug-likeness (QED) is 0.838. The van der Waals surface area contributed by atoms with Crippen molar-refractivity contribution in [3.63, 3.8) is 0 Å². The Balaban J connectivity index is 2.25. The zero-order chi connectivity index (χ0) is 12.0. The Bertz CT molecular complexity index is 372. The number of rotatable bonds is 3. The predicted molar refractivity (Wildman–Crippen MR) is 60.3 cm³/mol. The monoisotopic (exact) mass is 225 g/mol. The van der Waals surface area contributed by atoms with E-state index in [-0.39, 0.29) is 5.56 Å². The maximum Gasteiger partial charge on any atom is 0.276 e. The predicted octanol–water partition coefficient (Wildman–Crippen LogP) is 3.38. The summed E-state index contributed by atoms with van der Waals surface area (Å²) < 4.78 is 27.5. The van der Waals surface area contributed by atoms with Crippen molar-refractivity contribution >= 4 is 0 Å². The minimum atomic E-state index is -2.67. The SMILES string of the molecule is CC(C)(N)c1ccc(C(F)(F)C2CC2)cc1. The van der Waals surface area contributed by atoms with E-state index in [1.807, 2.05) is 13.8 Å². The highest BCUT2D eigenvalue weighted by Crippen LogP contribution is 2.49. The van der Waals surface area contributed by atoms with Gasteiger partial charge in [-0.2, -0.15) is 0 Å². The van der Waals surface area contributed by atoms with Crippen LogP contribution < -0.4 is 5.73 Å². The lowest BCUT2D eigenvalue weighted by Gasteiger charge is -2.21. The molecule has 0 spiro atoms. The summed E-state index contributed by atoms with van der Waals surface area (Å²) in [6.07, 6.45) is 1.27. The molecule has 1 nitrogen and oxygen atoms in total. The van der Waals surface area contributed by atoms with Crippen molar-refractivity contribution in [2.45, 2.75) is 38.2 Å². The second kappa shape index (κ2) is 3.52. The van der Waals surface area contributed by atoms with Gasteiger partial charge in [-0.3, -0.25) is 0 Å². The van der Waals surface area contributed by atoms with Crippen LogP contribution in [0.2, 0.25) is 0 Å². The van der Waals surface area contributed by atoms with Crippen molar-refractivity contribution in [2.24, 2.45) is 11.7 Å². The number of nitrogens with two attached hydrogens (primary N) is 1. The first kappa shape index (κ1) is 11.5. The third kappa shape index (κ3) is 2.09. The molecule has 2 rings (SSSR count). The Labute approximate surface area is 94.7 Å². The first-order valence-electron chi connectivity index (χ1n) is 5.59. The van der Waals surface area contributed by atoms with Crippen LogP contribution in [0.4, 0.5) is 8.78 Å². The molecule has 1 aromatic carbocycles. The largest absolute Gasteiger partial charge is 0.322 e. The minimum absolute atomic E-state index is 0.114. The highest BCUT2D eigenvalue weighted by molar-refractivity contribution is 5.30. The van der Waals surface area contributed by atoms with Gasteiger partial charge in [0.1, 0.15) is 0 Å². The van der Waals surface area contributed by atoms with Crippen LogP contribution in [-0.4, -0.2) is 0 Å². The van der Waals surface area contributed by atoms with Crippen molar-refractivity contribution in [2.75, 3.05) is 0 Å². The number of hydrogen-bond donors (Lipinski definition) is 1. The summed E-state index contributed by atoms with van der Waals surface area (Å²) in [4.78, 5) is 0. The molecule has 1 aliphatic rings. The maximum atomic E-state index is 13.7. The third-order valence-electron chi connectivity index (χ3n) is 3.10. The van der Waals surface area contributed by atoms with E-state index in [4.69, 9.17) is 5.73 Å². The summed E-state index contributed by atoms with van der Waals surface area (Å²) in [6.45, 7) is 3.72. The van der Waals surface area contributed by atoms with Crippen molar-refractivity contribution in [1.82, 2.24) is 0 Å². The van der Waals surface area contributed by atoms with Gasteiger partial charge in [0.05, 0.1) is 0 Å². The fraction of sp³-hybridized carbons (Fsp3) is 0.538. The van der Waals surface area contributed by atoms with E-state index in [0.717, 1.165) is 5.56 Å². The molecule has 3 heteroatoms. The summed E-state index contributed by atoms with van der Waals surface area (Å²) in [5, 5.41) is 0. The van der Waals surface area contributed by atoms with Crippen LogP contribution in [-0.2, 0) is 11.5 Å². The van der Waals surface area contributed by atoms with Crippen molar-refractivity contribution in [3.8, 4) is 0 Å². The standard InChI is InChI=1S/C13H17F2N/c1-12(2,16)9-3-5-10(6-4-9)13(14,15)11-7-8-11/h3-6,11H,7-8,16H2,1-2H3. The molecule has 0 saturated heterocycles. The van der Waals surface area contributed by atoms with Gasteiger partial charge in [0.25, 0.3) is 5.92 Å². The van der Waals surface area contributed by atoms with Crippen LogP contribution in [0.5, 0.6) is 0 Å². The average Bonchev–Trinajstić information content (AvgIpc) is 3.00. The van der Waals surface area contributed by atoms with Crippen molar-refractivity contribution in [3.05, 3.63) is 35.4 Å². The molecule has 1 aliphatic carbocycles. The molecule has 1 fully saturated rings. The molecule has 0 aliphatic heterocycles. The zero-order valence-electron chi connectivity index (χ0n) is 9.63. The zero-order valence-corrected chi connectivity index (χ0v) is 9.63. The molecule has 0 bridgehead atoms. The molecule has 88 valence electrons. The van der Waals surface area contributed by atoms with Gasteiger partial charge < -0.3 is 5.73 Å². The topological polar surface area (TPSA) is 26.0 Å². The fourth-order valence-electron chi connectivity index (χ4n) is 1.80. The Kier molecular flexibility index (Phi) is 2.54. The van der Waals surface area contributed by atoms with Crippen LogP contribution in [0.1, 0.15) is 37.8 Å². The lowest BCUT2D eigenvalue weighted by molar-refractivity contribution is -0.0285. The van der Waals surface area contributed by atoms with Crippen LogP contribution in [0, 0.1) is 5.92 Å². The summed E-state index contributed by atoms with van der Waals surface area (Å²) in [5.41, 5.74) is 6.41. The smallest absolute Gasteiger partial charge is 0.276 e. The van der Waals surface area contributed by atoms with E-state index in [1.54, 1.807) is 12.1 Å². The molecule has 0 aromatic heterocycles. The Morgan fingerprint density at radius 3 is 1.88 bits per heavy atom. The summed E-state index contributed by atoms with van der Waals surface area (Å²) in [6, 6.07) is 6.40. The fourth-order valence-corrected chi connectivity index (χ4v) is 1.80. The molecular weight excluding hydrogens is 208 g/mol. The molecule has 0 heterocycles. The lowest BCUT2D eigenvalue weighted by atomic mass is 9.93. The number of alkyl halides is 2. The van der Waals surface area contributed by atoms with Gasteiger partial charge in [-0.1, -0.05) is 24.3 Å². The Morgan fingerprint density at radius 1 is 1.06 bits per heavy atom. The highest BCUT2D eigenvalue weighted by atomic mass is 19.3. The second-order valence-electron chi connectivity index (χ2n) is 5.20. The molecule has 0 unspecified atom stereocenters. The molecule has 1 aromatic rings. The van der Waals surface area contributed by atoms with Gasteiger partial charge in [0.15, 0.2) is 0 Å². The van der Waals surface area contributed by atoms with E-state index in [9.17, 15) is 8.78 Å². The van der Waals surface area contributed by atoms with Gasteiger partial charge >= 0.3 is 0 Å². The summed E-state index contributed by atoms with van der Waals surface area (Å²) >= 11 is 0. The van der Waals surface area contributed by atoms with Crippen molar-refractivity contribution in [1.29, 1.82) is 0 Å². The molecular formula is C13H17F2N. The Hall–Kier alpha value is -0.960. The molecule has 0 radical (unpaired) electrons. The van der Waals surface area contributed by atoms with Crippen LogP contribution in [0.3, 0.4) is 0 Å². The van der Waals surface area contributed by atoms with Gasteiger partial charge in [0, 0.05) is 17.0 Å². The summed E-state index contributed by atoms with van der Waals surface area (Å²) in [5.74, 6) is -3.12. The van der Waals surface area contributed by atoms with Gasteiger partial charge in [-0.05, 0) is 32.3 Å². The van der Waals surface area contributed by atoms with Crippen LogP contribution in [0.25, 0.3) is 0 Å². The molecule has 0 amide bonds. The van der Waals surface area contributed by atoms with E-state index >= 15 is 0 Å². The number of hydrogen-bond acceptors (Lipinski definition) is 1. The maximum absolute atomic E-state index is 13.7. The highest BCUT2D eigenvalue weighted by Gasteiger charge is 2.47. The van der Waals surface area contributed by atoms with Crippen molar-refractivity contribution < 1.29 is 8.78 Å². The number of halogens is 2. The van der Waals surface area contributed by atoms with E-state index in [0.29, 0.717) is 12.8 Å². The van der Waals surface area contributed by atoms with Gasteiger partial charge in [0.2, 0.25) is 0 Å². The molecule has 16 heavy (non-hydrogen) atoms. The van der Waals surface area contributed by atoms with Gasteiger partial charge in [-0.25, -0.2) is 8.78 Å². The summed E-state index contributed by atoms with van der Waals surface area (Å²) in [7, 11) is 0. The van der Waals surface area contributed by atoms with Crippen LogP contribution in [0.15, 0.2) is 24.3 Å². The number of benzene rings is 1. The first-order chi connectivity index (χ1) is 7.32. The molecule has 1 saturated carbocycles. The third-order valence-corrected chi connectivity index (χ3v) is 3.10. The molecule has 0 atom stereocenters. The second-order valence-corrected chi connectivity index (χ2v) is 5.20. The van der Waals surface area contributed by atoms with Crippen LogP contribution >= 0.6 is 0 Å². The van der Waals surface area contributed by atoms with Gasteiger partial charge in [-0.15, -0.1) is 0 Å². The normalized spacial score (nSPS) is 17.6. The molecule has 2 N–H and O–H groups in total. The lowest BCUT2D eigenvalue weighted by Crippen LogP contribution is -2.28. The van der Waals surface area contributed by atoms with E-state index in [1.165, 1.54) is 12.1 Å². The minimum Gasteiger partial charge on any atom is -0.322 e.